The van der Waals surface area contributed by atoms with E-state index in [9.17, 15) is 4.79 Å². The third-order valence-electron chi connectivity index (χ3n) is 4.86. The van der Waals surface area contributed by atoms with E-state index in [0.29, 0.717) is 6.42 Å². The van der Waals surface area contributed by atoms with Crippen molar-refractivity contribution in [2.45, 2.75) is 32.6 Å². The van der Waals surface area contributed by atoms with Gasteiger partial charge in [0.05, 0.1) is 22.6 Å². The Balaban J connectivity index is 1.79. The van der Waals surface area contributed by atoms with Crippen molar-refractivity contribution in [3.63, 3.8) is 0 Å². The van der Waals surface area contributed by atoms with Crippen LogP contribution in [0.2, 0.25) is 0 Å². The predicted octanol–water partition coefficient (Wildman–Crippen LogP) is 4.40. The summed E-state index contributed by atoms with van der Waals surface area (Å²) in [7, 11) is 0. The molecule has 1 aromatic heterocycles. The highest BCUT2D eigenvalue weighted by atomic mass is 16.1. The Bertz CT molecular complexity index is 892. The van der Waals surface area contributed by atoms with Gasteiger partial charge in [-0.15, -0.1) is 0 Å². The largest absolute Gasteiger partial charge is 0.294 e. The zero-order valence-electron chi connectivity index (χ0n) is 14.0. The summed E-state index contributed by atoms with van der Waals surface area (Å²) >= 11 is 0. The molecule has 3 heteroatoms. The van der Waals surface area contributed by atoms with Crippen LogP contribution in [-0.2, 0) is 6.42 Å². The number of hydrogen-bond acceptors (Lipinski definition) is 2. The topological polar surface area (TPSA) is 34.9 Å². The Labute approximate surface area is 141 Å². The molecule has 1 aliphatic carbocycles. The molecule has 0 spiro atoms. The van der Waals surface area contributed by atoms with Crippen molar-refractivity contribution in [2.24, 2.45) is 0 Å². The van der Waals surface area contributed by atoms with Crippen LogP contribution in [0.1, 0.15) is 45.2 Å². The van der Waals surface area contributed by atoms with Gasteiger partial charge in [-0.1, -0.05) is 48.0 Å². The minimum Gasteiger partial charge on any atom is -0.294 e. The van der Waals surface area contributed by atoms with Crippen molar-refractivity contribution >= 4 is 5.78 Å². The molecule has 0 aliphatic heterocycles. The van der Waals surface area contributed by atoms with Crippen LogP contribution in [-0.4, -0.2) is 15.6 Å². The first kappa shape index (κ1) is 14.9. The van der Waals surface area contributed by atoms with Gasteiger partial charge in [-0.3, -0.25) is 4.79 Å². The Morgan fingerprint density at radius 1 is 0.958 bits per heavy atom. The number of fused-ring (bicyclic) bond motifs is 1. The van der Waals surface area contributed by atoms with Crippen LogP contribution in [0.15, 0.2) is 54.6 Å². The number of carbonyl (C=O) groups excluding carboxylic acids is 1. The molecular formula is C21H20N2O. The molecule has 4 rings (SSSR count). The summed E-state index contributed by atoms with van der Waals surface area (Å²) in [6.07, 6.45) is 1.41. The molecule has 120 valence electrons. The number of nitrogens with zero attached hydrogens (tertiary/aromatic N) is 2. The minimum absolute atomic E-state index is 0.210. The molecule has 3 aromatic rings. The van der Waals surface area contributed by atoms with Gasteiger partial charge in [0.1, 0.15) is 0 Å². The Morgan fingerprint density at radius 3 is 2.38 bits per heavy atom. The molecule has 0 saturated heterocycles. The van der Waals surface area contributed by atoms with Crippen molar-refractivity contribution in [2.75, 3.05) is 0 Å². The highest BCUT2D eigenvalue weighted by Gasteiger charge is 2.31. The van der Waals surface area contributed by atoms with Crippen LogP contribution in [0.5, 0.6) is 0 Å². The molecule has 0 saturated carbocycles. The van der Waals surface area contributed by atoms with Gasteiger partial charge in [0, 0.05) is 6.42 Å². The first-order chi connectivity index (χ1) is 11.6. The summed E-state index contributed by atoms with van der Waals surface area (Å²) in [5.41, 5.74) is 6.19. The van der Waals surface area contributed by atoms with Crippen LogP contribution in [0.3, 0.4) is 0 Å². The van der Waals surface area contributed by atoms with Crippen LogP contribution < -0.4 is 0 Å². The van der Waals surface area contributed by atoms with Crippen LogP contribution in [0, 0.1) is 13.8 Å². The van der Waals surface area contributed by atoms with Crippen molar-refractivity contribution in [1.29, 1.82) is 0 Å². The van der Waals surface area contributed by atoms with Gasteiger partial charge in [0.15, 0.2) is 5.78 Å². The van der Waals surface area contributed by atoms with E-state index in [4.69, 9.17) is 0 Å². The summed E-state index contributed by atoms with van der Waals surface area (Å²) in [5.74, 6) is 0.436. The number of aromatic nitrogens is 2. The highest BCUT2D eigenvalue weighted by molar-refractivity contribution is 6.00. The third kappa shape index (κ3) is 2.46. The number of para-hydroxylation sites is 1. The summed E-state index contributed by atoms with van der Waals surface area (Å²) < 4.78 is 1.95. The number of hydrogen-bond donors (Lipinski definition) is 0. The number of aryl methyl sites for hydroxylation is 2. The average Bonchev–Trinajstić information content (AvgIpc) is 2.93. The molecule has 0 fully saturated rings. The first-order valence-corrected chi connectivity index (χ1v) is 8.37. The van der Waals surface area contributed by atoms with Crippen molar-refractivity contribution in [1.82, 2.24) is 9.78 Å². The lowest BCUT2D eigenvalue weighted by molar-refractivity contribution is 0.0963. The lowest BCUT2D eigenvalue weighted by Gasteiger charge is -2.23. The second-order valence-corrected chi connectivity index (χ2v) is 6.59. The van der Waals surface area contributed by atoms with E-state index in [-0.39, 0.29) is 11.7 Å². The first-order valence-electron chi connectivity index (χ1n) is 8.37. The summed E-state index contributed by atoms with van der Waals surface area (Å²) in [6, 6.07) is 18.6. The number of carbonyl (C=O) groups is 1. The van der Waals surface area contributed by atoms with Crippen LogP contribution in [0.25, 0.3) is 5.69 Å². The van der Waals surface area contributed by atoms with Crippen molar-refractivity contribution in [3.05, 3.63) is 82.7 Å². The Kier molecular flexibility index (Phi) is 3.57. The van der Waals surface area contributed by atoms with E-state index in [1.54, 1.807) is 0 Å². The maximum Gasteiger partial charge on any atom is 0.167 e. The maximum absolute atomic E-state index is 12.7. The van der Waals surface area contributed by atoms with E-state index in [2.05, 4.69) is 36.3 Å². The molecule has 1 heterocycles. The molecule has 1 aliphatic rings. The van der Waals surface area contributed by atoms with Gasteiger partial charge in [0.2, 0.25) is 0 Å². The predicted molar refractivity (Wildman–Crippen MR) is 94.9 cm³/mol. The van der Waals surface area contributed by atoms with Gasteiger partial charge in [-0.2, -0.15) is 5.10 Å². The maximum atomic E-state index is 12.7. The lowest BCUT2D eigenvalue weighted by Crippen LogP contribution is -2.20. The minimum atomic E-state index is 0.210. The van der Waals surface area contributed by atoms with Gasteiger partial charge < -0.3 is 0 Å². The van der Waals surface area contributed by atoms with Crippen molar-refractivity contribution in [3.8, 4) is 5.69 Å². The molecule has 0 bridgehead atoms. The van der Waals surface area contributed by atoms with Crippen molar-refractivity contribution < 1.29 is 4.79 Å². The second-order valence-electron chi connectivity index (χ2n) is 6.59. The normalized spacial score (nSPS) is 16.9. The van der Waals surface area contributed by atoms with Crippen LogP contribution >= 0.6 is 0 Å². The molecule has 0 radical (unpaired) electrons. The molecule has 2 aromatic carbocycles. The molecule has 3 nitrogen and oxygen atoms in total. The fraction of sp³-hybridized carbons (Fsp3) is 0.238. The third-order valence-corrected chi connectivity index (χ3v) is 4.86. The smallest absolute Gasteiger partial charge is 0.167 e. The van der Waals surface area contributed by atoms with Crippen LogP contribution in [0.4, 0.5) is 0 Å². The zero-order chi connectivity index (χ0) is 16.7. The Morgan fingerprint density at radius 2 is 1.67 bits per heavy atom. The average molecular weight is 316 g/mol. The van der Waals surface area contributed by atoms with E-state index < -0.39 is 0 Å². The zero-order valence-corrected chi connectivity index (χ0v) is 14.0. The summed E-state index contributed by atoms with van der Waals surface area (Å²) in [5, 5.41) is 4.65. The van der Waals surface area contributed by atoms with Gasteiger partial charge in [-0.25, -0.2) is 4.68 Å². The number of ketones is 1. The number of Topliss-reactive ketones (excluding diaryl/α,β-unsaturated/α-hetero) is 1. The second kappa shape index (κ2) is 5.75. The fourth-order valence-electron chi connectivity index (χ4n) is 3.61. The van der Waals surface area contributed by atoms with E-state index >= 15 is 0 Å². The quantitative estimate of drug-likeness (QED) is 0.702. The fourth-order valence-corrected chi connectivity index (χ4v) is 3.61. The summed E-state index contributed by atoms with van der Waals surface area (Å²) in [6.45, 7) is 4.02. The standard InChI is InChI=1S/C21H20N2O/c1-14-8-10-16(11-9-14)17-12-19-21(20(24)13-17)15(2)22-23(19)18-6-4-3-5-7-18/h3-11,17H,12-13H2,1-2H3/t17-/m1/s1. The molecule has 0 unspecified atom stereocenters. The molecule has 24 heavy (non-hydrogen) atoms. The molecule has 1 atom stereocenters. The van der Waals surface area contributed by atoms with Gasteiger partial charge in [0.25, 0.3) is 0 Å². The monoisotopic (exact) mass is 316 g/mol. The van der Waals surface area contributed by atoms with Gasteiger partial charge in [-0.05, 0) is 43.9 Å². The Hall–Kier alpha value is -2.68. The lowest BCUT2D eigenvalue weighted by atomic mass is 9.81. The SMILES string of the molecule is Cc1ccc([C@H]2CC(=O)c3c(C)nn(-c4ccccc4)c3C2)cc1. The highest BCUT2D eigenvalue weighted by Crippen LogP contribution is 2.35. The number of benzene rings is 2. The number of rotatable bonds is 2. The van der Waals surface area contributed by atoms with Gasteiger partial charge >= 0.3 is 0 Å². The van der Waals surface area contributed by atoms with E-state index in [1.165, 1.54) is 11.1 Å². The summed E-state index contributed by atoms with van der Waals surface area (Å²) in [4.78, 5) is 12.7. The van der Waals surface area contributed by atoms with E-state index in [1.807, 2.05) is 41.9 Å². The van der Waals surface area contributed by atoms with E-state index in [0.717, 1.165) is 29.1 Å². The molecule has 0 N–H and O–H groups in total. The molecular weight excluding hydrogens is 296 g/mol. The molecule has 0 amide bonds.